The molecule has 1 aromatic carbocycles. The smallest absolute Gasteiger partial charge is 0.237 e. The van der Waals surface area contributed by atoms with Crippen LogP contribution in [-0.2, 0) is 11.2 Å². The Morgan fingerprint density at radius 1 is 1.22 bits per heavy atom. The normalized spacial score (nSPS) is 11.8. The van der Waals surface area contributed by atoms with E-state index in [-0.39, 0.29) is 11.2 Å². The van der Waals surface area contributed by atoms with Crippen molar-refractivity contribution < 1.29 is 8.91 Å². The van der Waals surface area contributed by atoms with Crippen LogP contribution in [0.2, 0.25) is 0 Å². The minimum absolute atomic E-state index is 0.109. The van der Waals surface area contributed by atoms with Gasteiger partial charge in [0.2, 0.25) is 5.89 Å². The summed E-state index contributed by atoms with van der Waals surface area (Å²) in [5.74, 6) is 1.66. The molecule has 1 heterocycles. The summed E-state index contributed by atoms with van der Waals surface area (Å²) in [5.41, 5.74) is -0.109. The second kappa shape index (κ2) is 5.10. The molecule has 0 amide bonds. The molecule has 0 saturated heterocycles. The Morgan fingerprint density at radius 2 is 1.89 bits per heavy atom. The number of aromatic nitrogens is 2. The van der Waals surface area contributed by atoms with Gasteiger partial charge in [-0.05, 0) is 24.3 Å². The molecule has 0 saturated carbocycles. The highest BCUT2D eigenvalue weighted by molar-refractivity contribution is 7.98. The minimum Gasteiger partial charge on any atom is -0.338 e. The lowest BCUT2D eigenvalue weighted by molar-refractivity contribution is 0.373. The zero-order chi connectivity index (χ0) is 13.2. The zero-order valence-corrected chi connectivity index (χ0v) is 11.4. The van der Waals surface area contributed by atoms with Crippen molar-refractivity contribution in [3.63, 3.8) is 0 Å². The molecular weight excluding hydrogens is 251 g/mol. The molecule has 0 fully saturated rings. The maximum Gasteiger partial charge on any atom is 0.237 e. The summed E-state index contributed by atoms with van der Waals surface area (Å²) in [5, 5.41) is 3.95. The van der Waals surface area contributed by atoms with Crippen LogP contribution in [0.15, 0.2) is 33.7 Å². The number of benzene rings is 1. The Morgan fingerprint density at radius 3 is 2.44 bits per heavy atom. The molecule has 2 aromatic rings. The lowest BCUT2D eigenvalue weighted by atomic mass is 9.96. The quantitative estimate of drug-likeness (QED) is 0.792. The van der Waals surface area contributed by atoms with Crippen LogP contribution in [-0.4, -0.2) is 10.1 Å². The molecule has 96 valence electrons. The summed E-state index contributed by atoms with van der Waals surface area (Å²) in [6.45, 7) is 6.11. The standard InChI is InChI=1S/C13H15FN2OS/c1-13(2,3)12-15-11(17-16-12)8-18-10-6-4-9(14)5-7-10/h4-7H,8H2,1-3H3. The van der Waals surface area contributed by atoms with E-state index in [1.54, 1.807) is 23.9 Å². The van der Waals surface area contributed by atoms with Gasteiger partial charge in [-0.15, -0.1) is 11.8 Å². The first-order chi connectivity index (χ1) is 8.45. The van der Waals surface area contributed by atoms with Crippen molar-refractivity contribution in [1.29, 1.82) is 0 Å². The van der Waals surface area contributed by atoms with Crippen molar-refractivity contribution in [3.8, 4) is 0 Å². The molecule has 0 atom stereocenters. The number of nitrogens with zero attached hydrogens (tertiary/aromatic N) is 2. The van der Waals surface area contributed by atoms with Crippen LogP contribution in [0.1, 0.15) is 32.5 Å². The lowest BCUT2D eigenvalue weighted by Crippen LogP contribution is -2.13. The van der Waals surface area contributed by atoms with Gasteiger partial charge in [0.25, 0.3) is 0 Å². The molecule has 3 nitrogen and oxygen atoms in total. The molecule has 0 spiro atoms. The van der Waals surface area contributed by atoms with E-state index in [0.717, 1.165) is 4.90 Å². The molecule has 0 aliphatic rings. The molecule has 1 aromatic heterocycles. The van der Waals surface area contributed by atoms with Gasteiger partial charge in [0, 0.05) is 10.3 Å². The summed E-state index contributed by atoms with van der Waals surface area (Å²) in [6, 6.07) is 6.36. The molecule has 0 aliphatic heterocycles. The predicted molar refractivity (Wildman–Crippen MR) is 69.0 cm³/mol. The average Bonchev–Trinajstić information content (AvgIpc) is 2.77. The molecule has 2 rings (SSSR count). The summed E-state index contributed by atoms with van der Waals surface area (Å²) in [7, 11) is 0. The molecule has 0 unspecified atom stereocenters. The molecule has 0 bridgehead atoms. The molecule has 0 N–H and O–H groups in total. The lowest BCUT2D eigenvalue weighted by Gasteiger charge is -2.10. The van der Waals surface area contributed by atoms with Crippen LogP contribution in [0.4, 0.5) is 4.39 Å². The Bertz CT molecular complexity index is 517. The number of halogens is 1. The van der Waals surface area contributed by atoms with Crippen LogP contribution in [0, 0.1) is 5.82 Å². The topological polar surface area (TPSA) is 38.9 Å². The van der Waals surface area contributed by atoms with Crippen molar-refractivity contribution in [2.45, 2.75) is 36.8 Å². The van der Waals surface area contributed by atoms with Gasteiger partial charge in [-0.2, -0.15) is 4.98 Å². The highest BCUT2D eigenvalue weighted by Crippen LogP contribution is 2.24. The first kappa shape index (κ1) is 13.1. The summed E-state index contributed by atoms with van der Waals surface area (Å²) in [4.78, 5) is 5.32. The van der Waals surface area contributed by atoms with Crippen molar-refractivity contribution in [2.24, 2.45) is 0 Å². The molecule has 0 radical (unpaired) electrons. The van der Waals surface area contributed by atoms with Crippen LogP contribution >= 0.6 is 11.8 Å². The van der Waals surface area contributed by atoms with E-state index >= 15 is 0 Å². The van der Waals surface area contributed by atoms with Gasteiger partial charge < -0.3 is 4.52 Å². The van der Waals surface area contributed by atoms with E-state index in [1.165, 1.54) is 12.1 Å². The van der Waals surface area contributed by atoms with E-state index in [0.29, 0.717) is 17.5 Å². The van der Waals surface area contributed by atoms with E-state index < -0.39 is 0 Å². The zero-order valence-electron chi connectivity index (χ0n) is 10.6. The predicted octanol–water partition coefficient (Wildman–Crippen LogP) is 3.80. The highest BCUT2D eigenvalue weighted by Gasteiger charge is 2.20. The monoisotopic (exact) mass is 266 g/mol. The molecular formula is C13H15FN2OS. The van der Waals surface area contributed by atoms with E-state index in [4.69, 9.17) is 4.52 Å². The SMILES string of the molecule is CC(C)(C)c1noc(CSc2ccc(F)cc2)n1. The summed E-state index contributed by atoms with van der Waals surface area (Å²) < 4.78 is 17.9. The Kier molecular flexibility index (Phi) is 3.71. The second-order valence-corrected chi connectivity index (χ2v) is 6.05. The Labute approximate surface area is 110 Å². The van der Waals surface area contributed by atoms with Crippen molar-refractivity contribution in [2.75, 3.05) is 0 Å². The summed E-state index contributed by atoms with van der Waals surface area (Å²) in [6.07, 6.45) is 0. The van der Waals surface area contributed by atoms with Gasteiger partial charge >= 0.3 is 0 Å². The van der Waals surface area contributed by atoms with Crippen LogP contribution in [0.5, 0.6) is 0 Å². The van der Waals surface area contributed by atoms with Gasteiger partial charge in [0.05, 0.1) is 5.75 Å². The highest BCUT2D eigenvalue weighted by atomic mass is 32.2. The fraction of sp³-hybridized carbons (Fsp3) is 0.385. The van der Waals surface area contributed by atoms with Gasteiger partial charge in [0.15, 0.2) is 5.82 Å². The number of rotatable bonds is 3. The van der Waals surface area contributed by atoms with Crippen molar-refractivity contribution in [1.82, 2.24) is 10.1 Å². The maximum atomic E-state index is 12.7. The minimum atomic E-state index is -0.229. The maximum absolute atomic E-state index is 12.7. The average molecular weight is 266 g/mol. The molecule has 18 heavy (non-hydrogen) atoms. The van der Waals surface area contributed by atoms with Crippen LogP contribution in [0.25, 0.3) is 0 Å². The van der Waals surface area contributed by atoms with E-state index in [1.807, 2.05) is 20.8 Å². The van der Waals surface area contributed by atoms with Crippen molar-refractivity contribution in [3.05, 3.63) is 41.8 Å². The first-order valence-electron chi connectivity index (χ1n) is 5.66. The molecule has 0 aliphatic carbocycles. The summed E-state index contributed by atoms with van der Waals surface area (Å²) >= 11 is 1.54. The fourth-order valence-electron chi connectivity index (χ4n) is 1.29. The van der Waals surface area contributed by atoms with Gasteiger partial charge in [-0.25, -0.2) is 4.39 Å². The number of hydrogen-bond donors (Lipinski definition) is 0. The number of thioether (sulfide) groups is 1. The largest absolute Gasteiger partial charge is 0.338 e. The third-order valence-corrected chi connectivity index (χ3v) is 3.31. The van der Waals surface area contributed by atoms with E-state index in [2.05, 4.69) is 10.1 Å². The van der Waals surface area contributed by atoms with Crippen LogP contribution in [0.3, 0.4) is 0 Å². The third-order valence-electron chi connectivity index (χ3n) is 2.31. The van der Waals surface area contributed by atoms with Crippen LogP contribution < -0.4 is 0 Å². The molecule has 5 heteroatoms. The second-order valence-electron chi connectivity index (χ2n) is 5.00. The van der Waals surface area contributed by atoms with Gasteiger partial charge in [0.1, 0.15) is 5.82 Å². The Balaban J connectivity index is 1.98. The first-order valence-corrected chi connectivity index (χ1v) is 6.65. The Hall–Kier alpha value is -1.36. The third kappa shape index (κ3) is 3.32. The van der Waals surface area contributed by atoms with Crippen molar-refractivity contribution >= 4 is 11.8 Å². The van der Waals surface area contributed by atoms with E-state index in [9.17, 15) is 4.39 Å². The fourth-order valence-corrected chi connectivity index (χ4v) is 2.03. The van der Waals surface area contributed by atoms with Gasteiger partial charge in [-0.1, -0.05) is 25.9 Å². The number of hydrogen-bond acceptors (Lipinski definition) is 4. The van der Waals surface area contributed by atoms with Gasteiger partial charge in [-0.3, -0.25) is 0 Å².